The second-order valence-corrected chi connectivity index (χ2v) is 4.87. The molecule has 0 aliphatic carbocycles. The minimum Gasteiger partial charge on any atom is -0.394 e. The van der Waals surface area contributed by atoms with Crippen molar-refractivity contribution in [2.45, 2.75) is 13.5 Å². The van der Waals surface area contributed by atoms with Crippen molar-refractivity contribution in [1.29, 1.82) is 0 Å². The molecule has 0 heterocycles. The van der Waals surface area contributed by atoms with Crippen LogP contribution >= 0.6 is 0 Å². The van der Waals surface area contributed by atoms with Crippen LogP contribution in [0.25, 0.3) is 0 Å². The summed E-state index contributed by atoms with van der Waals surface area (Å²) < 4.78 is 21.2. The summed E-state index contributed by atoms with van der Waals surface area (Å²) in [4.78, 5) is 11.3. The Hall–Kier alpha value is -1.31. The van der Waals surface area contributed by atoms with Gasteiger partial charge in [-0.05, 0) is 18.6 Å². The molecule has 0 amide bonds. The van der Waals surface area contributed by atoms with E-state index in [4.69, 9.17) is 24.1 Å². The van der Waals surface area contributed by atoms with E-state index in [1.54, 1.807) is 13.0 Å². The van der Waals surface area contributed by atoms with Crippen LogP contribution < -0.4 is 0 Å². The van der Waals surface area contributed by atoms with Crippen LogP contribution in [0.4, 0.5) is 0 Å². The zero-order valence-electron chi connectivity index (χ0n) is 13.7. The maximum absolute atomic E-state index is 11.3. The second-order valence-electron chi connectivity index (χ2n) is 4.87. The molecule has 1 N–H and O–H groups in total. The second kappa shape index (κ2) is 13.2. The number of benzene rings is 1. The van der Waals surface area contributed by atoms with Gasteiger partial charge in [0.2, 0.25) is 0 Å². The van der Waals surface area contributed by atoms with Gasteiger partial charge in [0.1, 0.15) is 0 Å². The number of ketones is 1. The number of aliphatic hydroxyl groups is 1. The standard InChI is InChI=1S/C17H26O6/c1-15(19)17-4-2-3-16(13-17)14-23-12-11-22-10-9-21-8-7-20-6-5-18/h2-4,13,18H,5-12,14H2,1H3. The van der Waals surface area contributed by atoms with Crippen LogP contribution in [0.3, 0.4) is 0 Å². The Morgan fingerprint density at radius 1 is 0.913 bits per heavy atom. The van der Waals surface area contributed by atoms with Crippen LogP contribution in [0.2, 0.25) is 0 Å². The minimum atomic E-state index is 0.0299. The van der Waals surface area contributed by atoms with Gasteiger partial charge >= 0.3 is 0 Å². The van der Waals surface area contributed by atoms with Crippen molar-refractivity contribution in [3.8, 4) is 0 Å². The number of hydrogen-bond donors (Lipinski definition) is 1. The zero-order valence-corrected chi connectivity index (χ0v) is 13.7. The Morgan fingerprint density at radius 3 is 2.04 bits per heavy atom. The summed E-state index contributed by atoms with van der Waals surface area (Å²) >= 11 is 0. The van der Waals surface area contributed by atoms with Crippen molar-refractivity contribution in [3.05, 3.63) is 35.4 Å². The minimum absolute atomic E-state index is 0.0299. The Kier molecular flexibility index (Phi) is 11.3. The average molecular weight is 326 g/mol. The number of ether oxygens (including phenoxy) is 4. The first-order valence-electron chi connectivity index (χ1n) is 7.75. The zero-order chi connectivity index (χ0) is 16.8. The molecule has 0 unspecified atom stereocenters. The molecule has 0 fully saturated rings. The van der Waals surface area contributed by atoms with E-state index in [0.717, 1.165) is 5.56 Å². The Balaban J connectivity index is 1.93. The van der Waals surface area contributed by atoms with E-state index >= 15 is 0 Å². The van der Waals surface area contributed by atoms with Crippen molar-refractivity contribution >= 4 is 5.78 Å². The summed E-state index contributed by atoms with van der Waals surface area (Å²) in [7, 11) is 0. The van der Waals surface area contributed by atoms with Crippen LogP contribution in [0.5, 0.6) is 0 Å². The molecule has 0 saturated heterocycles. The van der Waals surface area contributed by atoms with Gasteiger partial charge in [0.05, 0.1) is 59.5 Å². The molecular weight excluding hydrogens is 300 g/mol. The number of hydrogen-bond acceptors (Lipinski definition) is 6. The van der Waals surface area contributed by atoms with Gasteiger partial charge in [-0.25, -0.2) is 0 Å². The molecule has 0 spiro atoms. The normalized spacial score (nSPS) is 10.9. The molecule has 0 radical (unpaired) electrons. The maximum atomic E-state index is 11.3. The summed E-state index contributed by atoms with van der Waals surface area (Å²) in [5.41, 5.74) is 1.67. The lowest BCUT2D eigenvalue weighted by Gasteiger charge is -2.07. The molecular formula is C17H26O6. The van der Waals surface area contributed by atoms with Gasteiger partial charge in [0.25, 0.3) is 0 Å². The Bertz CT molecular complexity index is 435. The van der Waals surface area contributed by atoms with Gasteiger partial charge in [-0.2, -0.15) is 0 Å². The molecule has 6 heteroatoms. The van der Waals surface area contributed by atoms with Crippen LogP contribution in [0.15, 0.2) is 24.3 Å². The van der Waals surface area contributed by atoms with Crippen molar-refractivity contribution in [1.82, 2.24) is 0 Å². The summed E-state index contributed by atoms with van der Waals surface area (Å²) in [5.74, 6) is 0.0527. The molecule has 0 bridgehead atoms. The van der Waals surface area contributed by atoms with E-state index in [-0.39, 0.29) is 12.4 Å². The van der Waals surface area contributed by atoms with E-state index in [1.165, 1.54) is 0 Å². The summed E-state index contributed by atoms with van der Waals surface area (Å²) in [6, 6.07) is 7.42. The summed E-state index contributed by atoms with van der Waals surface area (Å²) in [6.45, 7) is 5.34. The molecule has 6 nitrogen and oxygen atoms in total. The lowest BCUT2D eigenvalue weighted by molar-refractivity contribution is -0.00743. The predicted molar refractivity (Wildman–Crippen MR) is 85.6 cm³/mol. The smallest absolute Gasteiger partial charge is 0.159 e. The van der Waals surface area contributed by atoms with Crippen molar-refractivity contribution in [3.63, 3.8) is 0 Å². The van der Waals surface area contributed by atoms with Gasteiger partial charge in [-0.15, -0.1) is 0 Å². The first-order chi connectivity index (χ1) is 11.2. The van der Waals surface area contributed by atoms with E-state index in [1.807, 2.05) is 18.2 Å². The maximum Gasteiger partial charge on any atom is 0.159 e. The van der Waals surface area contributed by atoms with Crippen LogP contribution in [-0.2, 0) is 25.6 Å². The Morgan fingerprint density at radius 2 is 1.48 bits per heavy atom. The predicted octanol–water partition coefficient (Wildman–Crippen LogP) is 1.45. The molecule has 0 aromatic heterocycles. The molecule has 0 aliphatic heterocycles. The molecule has 1 aromatic rings. The molecule has 1 rings (SSSR count). The average Bonchev–Trinajstić information content (AvgIpc) is 2.56. The summed E-state index contributed by atoms with van der Waals surface area (Å²) in [5, 5.41) is 8.51. The van der Waals surface area contributed by atoms with E-state index in [2.05, 4.69) is 0 Å². The quantitative estimate of drug-likeness (QED) is 0.412. The highest BCUT2D eigenvalue weighted by Gasteiger charge is 2.00. The highest BCUT2D eigenvalue weighted by Crippen LogP contribution is 2.07. The topological polar surface area (TPSA) is 74.2 Å². The number of Topliss-reactive ketones (excluding diaryl/α,β-unsaturated/α-hetero) is 1. The number of carbonyl (C=O) groups excluding carboxylic acids is 1. The molecule has 1 aromatic carbocycles. The third kappa shape index (κ3) is 10.1. The van der Waals surface area contributed by atoms with Crippen molar-refractivity contribution in [2.75, 3.05) is 52.9 Å². The van der Waals surface area contributed by atoms with Crippen molar-refractivity contribution < 1.29 is 28.8 Å². The Labute approximate surface area is 137 Å². The van der Waals surface area contributed by atoms with Gasteiger partial charge in [-0.3, -0.25) is 4.79 Å². The fourth-order valence-electron chi connectivity index (χ4n) is 1.79. The monoisotopic (exact) mass is 326 g/mol. The first kappa shape index (κ1) is 19.7. The lowest BCUT2D eigenvalue weighted by atomic mass is 10.1. The van der Waals surface area contributed by atoms with E-state index in [9.17, 15) is 4.79 Å². The van der Waals surface area contributed by atoms with Crippen molar-refractivity contribution in [2.24, 2.45) is 0 Å². The lowest BCUT2D eigenvalue weighted by Crippen LogP contribution is -2.12. The molecule has 0 aliphatic rings. The highest BCUT2D eigenvalue weighted by atomic mass is 16.6. The fourth-order valence-corrected chi connectivity index (χ4v) is 1.79. The van der Waals surface area contributed by atoms with Crippen LogP contribution in [-0.4, -0.2) is 63.7 Å². The van der Waals surface area contributed by atoms with E-state index < -0.39 is 0 Å². The third-order valence-corrected chi connectivity index (χ3v) is 2.95. The van der Waals surface area contributed by atoms with Gasteiger partial charge in [0, 0.05) is 5.56 Å². The van der Waals surface area contributed by atoms with Gasteiger partial charge in [-0.1, -0.05) is 18.2 Å². The van der Waals surface area contributed by atoms with Gasteiger partial charge in [0.15, 0.2) is 5.78 Å². The molecule has 0 saturated carbocycles. The summed E-state index contributed by atoms with van der Waals surface area (Å²) in [6.07, 6.45) is 0. The van der Waals surface area contributed by atoms with Crippen LogP contribution in [0, 0.1) is 0 Å². The first-order valence-corrected chi connectivity index (χ1v) is 7.75. The van der Waals surface area contributed by atoms with Crippen LogP contribution in [0.1, 0.15) is 22.8 Å². The molecule has 0 atom stereocenters. The SMILES string of the molecule is CC(=O)c1cccc(COCCOCCOCCOCCO)c1. The number of aliphatic hydroxyl groups excluding tert-OH is 1. The fraction of sp³-hybridized carbons (Fsp3) is 0.588. The number of rotatable bonds is 14. The van der Waals surface area contributed by atoms with Gasteiger partial charge < -0.3 is 24.1 Å². The largest absolute Gasteiger partial charge is 0.394 e. The highest BCUT2D eigenvalue weighted by molar-refractivity contribution is 5.94. The molecule has 23 heavy (non-hydrogen) atoms. The number of carbonyl (C=O) groups is 1. The third-order valence-electron chi connectivity index (χ3n) is 2.95. The van der Waals surface area contributed by atoms with E-state index in [0.29, 0.717) is 58.4 Å². The molecule has 130 valence electrons.